The largest absolute Gasteiger partial charge is 0.488 e. The first-order chi connectivity index (χ1) is 9.88. The molecule has 21 heavy (non-hydrogen) atoms. The number of hydrogen-bond donors (Lipinski definition) is 1. The van der Waals surface area contributed by atoms with Crippen molar-refractivity contribution in [2.45, 2.75) is 4.90 Å². The van der Waals surface area contributed by atoms with Gasteiger partial charge in [-0.2, -0.15) is 0 Å². The van der Waals surface area contributed by atoms with Crippen molar-refractivity contribution < 1.29 is 26.7 Å². The first-order valence-corrected chi connectivity index (χ1v) is 7.87. The molecule has 2 rings (SSSR count). The topological polar surface area (TPSA) is 81.9 Å². The molecule has 0 aliphatic carbocycles. The summed E-state index contributed by atoms with van der Waals surface area (Å²) in [6.07, 6.45) is 0. The van der Waals surface area contributed by atoms with E-state index < -0.39 is 32.3 Å². The second-order valence-electron chi connectivity index (χ2n) is 4.56. The maximum absolute atomic E-state index is 13.7. The lowest BCUT2D eigenvalue weighted by molar-refractivity contribution is 0.0318. The van der Waals surface area contributed by atoms with Crippen molar-refractivity contribution in [3.63, 3.8) is 0 Å². The van der Waals surface area contributed by atoms with Crippen LogP contribution in [-0.4, -0.2) is 52.8 Å². The van der Waals surface area contributed by atoms with Crippen LogP contribution in [0.25, 0.3) is 0 Å². The number of ether oxygens (including phenoxy) is 2. The van der Waals surface area contributed by atoms with E-state index in [1.54, 1.807) is 0 Å². The minimum absolute atomic E-state index is 0.0606. The standard InChI is InChI=1S/C12H16F2N2O4S/c13-9-7-10(14)12(11(8-9)21(15,17)18)20-6-3-16-1-4-19-5-2-16/h7-8H,1-6H2,(H2,15,17,18). The molecule has 0 saturated carbocycles. The summed E-state index contributed by atoms with van der Waals surface area (Å²) in [5, 5.41) is 4.94. The van der Waals surface area contributed by atoms with E-state index in [0.717, 1.165) is 13.1 Å². The van der Waals surface area contributed by atoms with Crippen LogP contribution < -0.4 is 9.88 Å². The summed E-state index contributed by atoms with van der Waals surface area (Å²) in [4.78, 5) is 1.34. The van der Waals surface area contributed by atoms with Gasteiger partial charge >= 0.3 is 0 Å². The normalized spacial score (nSPS) is 16.9. The van der Waals surface area contributed by atoms with Gasteiger partial charge in [0.25, 0.3) is 0 Å². The monoisotopic (exact) mass is 322 g/mol. The lowest BCUT2D eigenvalue weighted by atomic mass is 10.3. The highest BCUT2D eigenvalue weighted by Crippen LogP contribution is 2.27. The van der Waals surface area contributed by atoms with Gasteiger partial charge in [-0.05, 0) is 6.07 Å². The van der Waals surface area contributed by atoms with Crippen LogP contribution in [0.1, 0.15) is 0 Å². The number of morpholine rings is 1. The van der Waals surface area contributed by atoms with E-state index >= 15 is 0 Å². The second-order valence-corrected chi connectivity index (χ2v) is 6.09. The molecule has 0 spiro atoms. The molecule has 1 aliphatic rings. The van der Waals surface area contributed by atoms with Gasteiger partial charge < -0.3 is 9.47 Å². The Kier molecular flexibility index (Phi) is 5.09. The van der Waals surface area contributed by atoms with Gasteiger partial charge in [0.05, 0.1) is 13.2 Å². The molecule has 1 fully saturated rings. The Labute approximate surface area is 121 Å². The molecule has 1 aromatic carbocycles. The van der Waals surface area contributed by atoms with Crippen LogP contribution in [0.15, 0.2) is 17.0 Å². The molecular weight excluding hydrogens is 306 g/mol. The molecule has 0 amide bonds. The first-order valence-electron chi connectivity index (χ1n) is 6.32. The van der Waals surface area contributed by atoms with Gasteiger partial charge in [-0.1, -0.05) is 0 Å². The lowest BCUT2D eigenvalue weighted by Gasteiger charge is -2.26. The third kappa shape index (κ3) is 4.34. The maximum Gasteiger partial charge on any atom is 0.241 e. The molecule has 9 heteroatoms. The van der Waals surface area contributed by atoms with E-state index in [1.165, 1.54) is 0 Å². The molecule has 0 aromatic heterocycles. The molecule has 0 radical (unpaired) electrons. The number of halogens is 2. The van der Waals surface area contributed by atoms with Crippen molar-refractivity contribution in [1.82, 2.24) is 4.90 Å². The Morgan fingerprint density at radius 3 is 2.57 bits per heavy atom. The van der Waals surface area contributed by atoms with E-state index in [1.807, 2.05) is 4.90 Å². The number of hydrogen-bond acceptors (Lipinski definition) is 5. The summed E-state index contributed by atoms with van der Waals surface area (Å²) in [7, 11) is -4.27. The molecule has 118 valence electrons. The van der Waals surface area contributed by atoms with Crippen molar-refractivity contribution in [3.8, 4) is 5.75 Å². The lowest BCUT2D eigenvalue weighted by Crippen LogP contribution is -2.38. The average Bonchev–Trinajstić information content (AvgIpc) is 2.41. The fraction of sp³-hybridized carbons (Fsp3) is 0.500. The number of rotatable bonds is 5. The van der Waals surface area contributed by atoms with Gasteiger partial charge in [0.15, 0.2) is 11.6 Å². The molecular formula is C12H16F2N2O4S. The SMILES string of the molecule is NS(=O)(=O)c1cc(F)cc(F)c1OCCN1CCOCC1. The summed E-state index contributed by atoms with van der Waals surface area (Å²) in [5.41, 5.74) is 0. The highest BCUT2D eigenvalue weighted by Gasteiger charge is 2.21. The maximum atomic E-state index is 13.7. The minimum atomic E-state index is -4.27. The summed E-state index contributed by atoms with van der Waals surface area (Å²) in [6, 6.07) is 1.20. The van der Waals surface area contributed by atoms with Gasteiger partial charge in [-0.25, -0.2) is 22.3 Å². The predicted molar refractivity (Wildman–Crippen MR) is 70.5 cm³/mol. The van der Waals surface area contributed by atoms with Crippen LogP contribution in [0.3, 0.4) is 0 Å². The number of benzene rings is 1. The molecule has 0 atom stereocenters. The van der Waals surface area contributed by atoms with E-state index in [9.17, 15) is 17.2 Å². The molecule has 0 unspecified atom stereocenters. The van der Waals surface area contributed by atoms with Crippen LogP contribution in [-0.2, 0) is 14.8 Å². The highest BCUT2D eigenvalue weighted by atomic mass is 32.2. The third-order valence-electron chi connectivity index (χ3n) is 3.04. The zero-order valence-electron chi connectivity index (χ0n) is 11.2. The molecule has 2 N–H and O–H groups in total. The summed E-state index contributed by atoms with van der Waals surface area (Å²) >= 11 is 0. The highest BCUT2D eigenvalue weighted by molar-refractivity contribution is 7.89. The average molecular weight is 322 g/mol. The zero-order chi connectivity index (χ0) is 15.5. The first kappa shape index (κ1) is 16.1. The van der Waals surface area contributed by atoms with Crippen LogP contribution in [0.2, 0.25) is 0 Å². The van der Waals surface area contributed by atoms with Crippen molar-refractivity contribution in [3.05, 3.63) is 23.8 Å². The van der Waals surface area contributed by atoms with Crippen molar-refractivity contribution in [2.75, 3.05) is 39.5 Å². The minimum Gasteiger partial charge on any atom is -0.488 e. The van der Waals surface area contributed by atoms with Gasteiger partial charge in [0, 0.05) is 25.7 Å². The number of primary sulfonamides is 1. The van der Waals surface area contributed by atoms with Crippen molar-refractivity contribution in [2.24, 2.45) is 5.14 Å². The van der Waals surface area contributed by atoms with Gasteiger partial charge in [-0.15, -0.1) is 0 Å². The molecule has 6 nitrogen and oxygen atoms in total. The number of nitrogens with zero attached hydrogens (tertiary/aromatic N) is 1. The number of nitrogens with two attached hydrogens (primary N) is 1. The van der Waals surface area contributed by atoms with Crippen LogP contribution in [0, 0.1) is 11.6 Å². The fourth-order valence-corrected chi connectivity index (χ4v) is 2.68. The Morgan fingerprint density at radius 1 is 1.29 bits per heavy atom. The summed E-state index contributed by atoms with van der Waals surface area (Å²) < 4.78 is 59.9. The van der Waals surface area contributed by atoms with E-state index in [-0.39, 0.29) is 6.61 Å². The molecule has 1 heterocycles. The van der Waals surface area contributed by atoms with E-state index in [0.29, 0.717) is 31.9 Å². The van der Waals surface area contributed by atoms with E-state index in [4.69, 9.17) is 14.6 Å². The summed E-state index contributed by atoms with van der Waals surface area (Å²) in [5.74, 6) is -2.68. The molecule has 0 bridgehead atoms. The van der Waals surface area contributed by atoms with Crippen LogP contribution in [0.4, 0.5) is 8.78 Å². The summed E-state index contributed by atoms with van der Waals surface area (Å²) in [6.45, 7) is 3.19. The Bertz CT molecular complexity index is 604. The van der Waals surface area contributed by atoms with Crippen LogP contribution >= 0.6 is 0 Å². The third-order valence-corrected chi connectivity index (χ3v) is 3.95. The zero-order valence-corrected chi connectivity index (χ0v) is 12.0. The van der Waals surface area contributed by atoms with Crippen LogP contribution in [0.5, 0.6) is 5.75 Å². The Hall–Kier alpha value is -1.29. The quantitative estimate of drug-likeness (QED) is 0.844. The Balaban J connectivity index is 2.08. The van der Waals surface area contributed by atoms with Gasteiger partial charge in [0.1, 0.15) is 17.3 Å². The molecule has 1 saturated heterocycles. The fourth-order valence-electron chi connectivity index (χ4n) is 1.99. The molecule has 1 aromatic rings. The Morgan fingerprint density at radius 2 is 1.95 bits per heavy atom. The van der Waals surface area contributed by atoms with E-state index in [2.05, 4.69) is 0 Å². The van der Waals surface area contributed by atoms with Crippen molar-refractivity contribution in [1.29, 1.82) is 0 Å². The van der Waals surface area contributed by atoms with Gasteiger partial charge in [0.2, 0.25) is 10.0 Å². The molecule has 1 aliphatic heterocycles. The smallest absolute Gasteiger partial charge is 0.241 e. The number of sulfonamides is 1. The van der Waals surface area contributed by atoms with Crippen molar-refractivity contribution >= 4 is 10.0 Å². The second kappa shape index (κ2) is 6.65. The van der Waals surface area contributed by atoms with Gasteiger partial charge in [-0.3, -0.25) is 4.90 Å². The predicted octanol–water partition coefficient (Wildman–Crippen LogP) is 0.323.